The predicted molar refractivity (Wildman–Crippen MR) is 66.9 cm³/mol. The number of ether oxygens (including phenoxy) is 1. The number of carboxylic acid groups (broad SMARTS) is 1. The molecule has 0 bridgehead atoms. The van der Waals surface area contributed by atoms with Crippen LogP contribution in [0.5, 0.6) is 11.5 Å². The van der Waals surface area contributed by atoms with Gasteiger partial charge in [0.25, 0.3) is 0 Å². The maximum Gasteiger partial charge on any atom is 0.341 e. The molecule has 17 heavy (non-hydrogen) atoms. The lowest BCUT2D eigenvalue weighted by atomic mass is 10.2. The summed E-state index contributed by atoms with van der Waals surface area (Å²) in [7, 11) is 0. The molecule has 6 heteroatoms. The second-order valence-corrected chi connectivity index (χ2v) is 3.19. The molecule has 0 unspecified atom stereocenters. The fraction of sp³-hybridized carbons (Fsp3) is 0.0909. The number of phenols is 1. The van der Waals surface area contributed by atoms with E-state index in [1.54, 1.807) is 12.1 Å². The highest BCUT2D eigenvalue weighted by Gasteiger charge is 2.05. The zero-order chi connectivity index (χ0) is 11.5. The summed E-state index contributed by atoms with van der Waals surface area (Å²) in [5.74, 6) is -0.494. The minimum atomic E-state index is -1.04. The first-order valence-electron chi connectivity index (χ1n) is 4.59. The highest BCUT2D eigenvalue weighted by atomic mass is 79.9. The molecule has 0 fully saturated rings. The van der Waals surface area contributed by atoms with Crippen LogP contribution in [-0.4, -0.2) is 27.8 Å². The third-order valence-corrected chi connectivity index (χ3v) is 2.04. The summed E-state index contributed by atoms with van der Waals surface area (Å²) in [4.78, 5) is 14.4. The first kappa shape index (κ1) is 13.2. The zero-order valence-corrected chi connectivity index (χ0v) is 10.4. The Bertz CT molecular complexity index is 544. The molecule has 0 radical (unpaired) electrons. The number of pyridine rings is 1. The summed E-state index contributed by atoms with van der Waals surface area (Å²) in [6, 6.07) is 6.21. The summed E-state index contributed by atoms with van der Waals surface area (Å²) < 4.78 is 5.10. The number of benzene rings is 1. The Labute approximate surface area is 107 Å². The number of carbonyl (C=O) groups is 1. The number of phenolic OH excluding ortho intramolecular Hbond substituents is 1. The van der Waals surface area contributed by atoms with Crippen molar-refractivity contribution in [3.05, 3.63) is 30.5 Å². The first-order valence-corrected chi connectivity index (χ1v) is 4.59. The van der Waals surface area contributed by atoms with Crippen LogP contribution in [0.2, 0.25) is 0 Å². The molecule has 0 spiro atoms. The molecule has 5 nitrogen and oxygen atoms in total. The van der Waals surface area contributed by atoms with E-state index in [9.17, 15) is 9.90 Å². The molecule has 0 saturated heterocycles. The van der Waals surface area contributed by atoms with E-state index in [1.807, 2.05) is 0 Å². The number of aliphatic carboxylic acids is 1. The number of aromatic hydroxyl groups is 1. The number of carboxylic acids is 1. The maximum atomic E-state index is 10.4. The van der Waals surface area contributed by atoms with Crippen molar-refractivity contribution in [2.45, 2.75) is 0 Å². The van der Waals surface area contributed by atoms with Gasteiger partial charge in [-0.15, -0.1) is 17.0 Å². The summed E-state index contributed by atoms with van der Waals surface area (Å²) in [6.07, 6.45) is 1.50. The van der Waals surface area contributed by atoms with Crippen molar-refractivity contribution >= 4 is 33.9 Å². The largest absolute Gasteiger partial charge is 0.508 e. The van der Waals surface area contributed by atoms with Gasteiger partial charge >= 0.3 is 5.97 Å². The molecule has 2 rings (SSSR count). The smallest absolute Gasteiger partial charge is 0.341 e. The van der Waals surface area contributed by atoms with Gasteiger partial charge in [-0.3, -0.25) is 4.98 Å². The lowest BCUT2D eigenvalue weighted by Gasteiger charge is -2.06. The fourth-order valence-electron chi connectivity index (χ4n) is 1.38. The van der Waals surface area contributed by atoms with Crippen LogP contribution in [0.25, 0.3) is 10.9 Å². The predicted octanol–water partition coefficient (Wildman–Crippen LogP) is 1.98. The number of fused-ring (bicyclic) bond motifs is 1. The molecular weight excluding hydrogens is 290 g/mol. The Morgan fingerprint density at radius 2 is 2.12 bits per heavy atom. The Hall–Kier alpha value is -1.82. The molecule has 2 N–H and O–H groups in total. The van der Waals surface area contributed by atoms with E-state index >= 15 is 0 Å². The summed E-state index contributed by atoms with van der Waals surface area (Å²) >= 11 is 0. The second-order valence-electron chi connectivity index (χ2n) is 3.19. The van der Waals surface area contributed by atoms with Crippen molar-refractivity contribution in [1.29, 1.82) is 0 Å². The Morgan fingerprint density at radius 3 is 2.82 bits per heavy atom. The molecule has 0 atom stereocenters. The summed E-state index contributed by atoms with van der Waals surface area (Å²) in [6.45, 7) is -0.403. The molecule has 1 aromatic heterocycles. The van der Waals surface area contributed by atoms with E-state index in [0.717, 1.165) is 0 Å². The maximum absolute atomic E-state index is 10.4. The van der Waals surface area contributed by atoms with Crippen LogP contribution >= 0.6 is 17.0 Å². The molecule has 90 valence electrons. The van der Waals surface area contributed by atoms with Gasteiger partial charge in [0.2, 0.25) is 0 Å². The topological polar surface area (TPSA) is 79.7 Å². The van der Waals surface area contributed by atoms with Crippen molar-refractivity contribution in [1.82, 2.24) is 4.98 Å². The van der Waals surface area contributed by atoms with E-state index in [2.05, 4.69) is 4.98 Å². The minimum Gasteiger partial charge on any atom is -0.508 e. The SMILES string of the molecule is Br.O=C(O)COc1ccnc2cc(O)ccc12. The van der Waals surface area contributed by atoms with Crippen molar-refractivity contribution in [2.75, 3.05) is 6.61 Å². The van der Waals surface area contributed by atoms with Crippen molar-refractivity contribution in [3.63, 3.8) is 0 Å². The Balaban J connectivity index is 0.00000144. The Kier molecular flexibility index (Phi) is 4.28. The van der Waals surface area contributed by atoms with Gasteiger partial charge in [0.1, 0.15) is 11.5 Å². The molecule has 0 aliphatic carbocycles. The highest BCUT2D eigenvalue weighted by molar-refractivity contribution is 8.93. The number of nitrogens with zero attached hydrogens (tertiary/aromatic N) is 1. The van der Waals surface area contributed by atoms with E-state index in [4.69, 9.17) is 9.84 Å². The van der Waals surface area contributed by atoms with Gasteiger partial charge in [-0.05, 0) is 18.2 Å². The molecule has 1 aromatic carbocycles. The van der Waals surface area contributed by atoms with Gasteiger partial charge < -0.3 is 14.9 Å². The van der Waals surface area contributed by atoms with Crippen LogP contribution < -0.4 is 4.74 Å². The number of halogens is 1. The number of rotatable bonds is 3. The van der Waals surface area contributed by atoms with E-state index in [0.29, 0.717) is 16.7 Å². The molecule has 0 saturated carbocycles. The molecule has 1 heterocycles. The van der Waals surface area contributed by atoms with Gasteiger partial charge in [0, 0.05) is 17.6 Å². The third-order valence-electron chi connectivity index (χ3n) is 2.04. The van der Waals surface area contributed by atoms with Crippen LogP contribution in [0, 0.1) is 0 Å². The third kappa shape index (κ3) is 3.07. The van der Waals surface area contributed by atoms with Gasteiger partial charge in [-0.1, -0.05) is 0 Å². The summed E-state index contributed by atoms with van der Waals surface area (Å²) in [5, 5.41) is 18.4. The molecule has 0 aliphatic heterocycles. The van der Waals surface area contributed by atoms with Gasteiger partial charge in [-0.2, -0.15) is 0 Å². The normalized spacial score (nSPS) is 9.65. The molecule has 2 aromatic rings. The second kappa shape index (κ2) is 5.49. The summed E-state index contributed by atoms with van der Waals surface area (Å²) in [5.41, 5.74) is 0.558. The molecule has 0 aliphatic rings. The number of hydrogen-bond acceptors (Lipinski definition) is 4. The van der Waals surface area contributed by atoms with Crippen molar-refractivity contribution in [2.24, 2.45) is 0 Å². The van der Waals surface area contributed by atoms with Crippen LogP contribution in [0.4, 0.5) is 0 Å². The van der Waals surface area contributed by atoms with Gasteiger partial charge in [-0.25, -0.2) is 4.79 Å². The average Bonchev–Trinajstić information content (AvgIpc) is 2.25. The molecular formula is C11H10BrNO4. The van der Waals surface area contributed by atoms with Crippen LogP contribution in [0.1, 0.15) is 0 Å². The van der Waals surface area contributed by atoms with E-state index in [-0.39, 0.29) is 22.7 Å². The monoisotopic (exact) mass is 299 g/mol. The Morgan fingerprint density at radius 1 is 1.35 bits per heavy atom. The molecule has 0 amide bonds. The first-order chi connectivity index (χ1) is 7.66. The lowest BCUT2D eigenvalue weighted by molar-refractivity contribution is -0.139. The van der Waals surface area contributed by atoms with Crippen LogP contribution in [0.15, 0.2) is 30.5 Å². The fourth-order valence-corrected chi connectivity index (χ4v) is 1.38. The van der Waals surface area contributed by atoms with E-state index < -0.39 is 12.6 Å². The number of hydrogen-bond donors (Lipinski definition) is 2. The van der Waals surface area contributed by atoms with Gasteiger partial charge in [0.05, 0.1) is 5.52 Å². The van der Waals surface area contributed by atoms with Crippen LogP contribution in [0.3, 0.4) is 0 Å². The standard InChI is InChI=1S/C11H9NO4.BrH/c13-7-1-2-8-9(5-7)12-4-3-10(8)16-6-11(14)15;/h1-5,13H,6H2,(H,14,15);1H. The average molecular weight is 300 g/mol. The van der Waals surface area contributed by atoms with Gasteiger partial charge in [0.15, 0.2) is 6.61 Å². The minimum absolute atomic E-state index is 0. The van der Waals surface area contributed by atoms with Crippen molar-refractivity contribution in [3.8, 4) is 11.5 Å². The lowest BCUT2D eigenvalue weighted by Crippen LogP contribution is -2.09. The highest BCUT2D eigenvalue weighted by Crippen LogP contribution is 2.26. The van der Waals surface area contributed by atoms with Crippen molar-refractivity contribution < 1.29 is 19.7 Å². The van der Waals surface area contributed by atoms with E-state index in [1.165, 1.54) is 18.3 Å². The zero-order valence-electron chi connectivity index (χ0n) is 8.66. The van der Waals surface area contributed by atoms with Crippen LogP contribution in [-0.2, 0) is 4.79 Å². The number of aromatic nitrogens is 1. The quantitative estimate of drug-likeness (QED) is 0.906.